The Labute approximate surface area is 146 Å². The maximum atomic E-state index is 11.5. The summed E-state index contributed by atoms with van der Waals surface area (Å²) >= 11 is 0. The van der Waals surface area contributed by atoms with Gasteiger partial charge < -0.3 is 0 Å². The second kappa shape index (κ2) is 9.92. The van der Waals surface area contributed by atoms with Crippen LogP contribution in [0.1, 0.15) is 33.3 Å². The first-order chi connectivity index (χ1) is 11.3. The number of hydrogen-bond acceptors (Lipinski definition) is 2. The van der Waals surface area contributed by atoms with Crippen molar-refractivity contribution in [2.24, 2.45) is 5.92 Å². The molecular weight excluding hydrogens is 318 g/mol. The van der Waals surface area contributed by atoms with Gasteiger partial charge in [0.15, 0.2) is 0 Å². The first kappa shape index (κ1) is 20.0. The Morgan fingerprint density at radius 1 is 0.833 bits per heavy atom. The van der Waals surface area contributed by atoms with E-state index in [1.165, 1.54) is 0 Å². The summed E-state index contributed by atoms with van der Waals surface area (Å²) in [6.07, 6.45) is 0. The lowest BCUT2D eigenvalue weighted by atomic mass is 10.2. The lowest BCUT2D eigenvalue weighted by Gasteiger charge is -2.08. The molecule has 0 atom stereocenters. The number of nitrogens with one attached hydrogen (secondary N) is 1. The molecule has 0 fully saturated rings. The number of rotatable bonds is 3. The standard InChI is InChI=1S/C11H12.C9H13NO2S/c1-10(2)8-9-11-6-4-3-5-7-11;1-8(2)10-13(11,12)9-6-4-3-5-7-9/h3-7,10H,1-2H3;3-8,10H,1-2H3. The van der Waals surface area contributed by atoms with E-state index in [1.807, 2.05) is 30.3 Å². The van der Waals surface area contributed by atoms with Gasteiger partial charge in [0.1, 0.15) is 0 Å². The van der Waals surface area contributed by atoms with Gasteiger partial charge >= 0.3 is 0 Å². The van der Waals surface area contributed by atoms with E-state index >= 15 is 0 Å². The number of hydrogen-bond donors (Lipinski definition) is 1. The molecule has 0 amide bonds. The molecule has 4 heteroatoms. The Morgan fingerprint density at radius 2 is 1.33 bits per heavy atom. The minimum absolute atomic E-state index is 0.0785. The van der Waals surface area contributed by atoms with Crippen LogP contribution < -0.4 is 4.72 Å². The normalized spacial score (nSPS) is 10.6. The van der Waals surface area contributed by atoms with Crippen molar-refractivity contribution in [1.29, 1.82) is 0 Å². The summed E-state index contributed by atoms with van der Waals surface area (Å²) in [6, 6.07) is 18.3. The van der Waals surface area contributed by atoms with Crippen LogP contribution in [0, 0.1) is 17.8 Å². The van der Waals surface area contributed by atoms with Crippen molar-refractivity contribution in [2.45, 2.75) is 38.6 Å². The molecular formula is C20H25NO2S. The van der Waals surface area contributed by atoms with Crippen LogP contribution in [0.4, 0.5) is 0 Å². The molecule has 128 valence electrons. The van der Waals surface area contributed by atoms with Crippen molar-refractivity contribution < 1.29 is 8.42 Å². The molecule has 0 radical (unpaired) electrons. The second-order valence-electron chi connectivity index (χ2n) is 5.88. The molecule has 2 rings (SSSR count). The first-order valence-electron chi connectivity index (χ1n) is 7.95. The molecule has 0 bridgehead atoms. The van der Waals surface area contributed by atoms with Crippen LogP contribution in [0.25, 0.3) is 0 Å². The Hall–Kier alpha value is -2.09. The monoisotopic (exact) mass is 343 g/mol. The number of sulfonamides is 1. The van der Waals surface area contributed by atoms with Crippen molar-refractivity contribution in [3.05, 3.63) is 66.2 Å². The van der Waals surface area contributed by atoms with Crippen LogP contribution in [0.3, 0.4) is 0 Å². The molecule has 0 aliphatic rings. The highest BCUT2D eigenvalue weighted by Crippen LogP contribution is 2.07. The smallest absolute Gasteiger partial charge is 0.209 e. The molecule has 0 unspecified atom stereocenters. The third kappa shape index (κ3) is 7.96. The molecule has 0 saturated carbocycles. The van der Waals surface area contributed by atoms with E-state index in [4.69, 9.17) is 0 Å². The zero-order valence-electron chi connectivity index (χ0n) is 14.7. The summed E-state index contributed by atoms with van der Waals surface area (Å²) in [4.78, 5) is 0.309. The van der Waals surface area contributed by atoms with E-state index in [-0.39, 0.29) is 6.04 Å². The third-order valence-corrected chi connectivity index (χ3v) is 4.40. The second-order valence-corrected chi connectivity index (χ2v) is 7.59. The minimum Gasteiger partial charge on any atom is -0.209 e. The van der Waals surface area contributed by atoms with E-state index < -0.39 is 10.0 Å². The quantitative estimate of drug-likeness (QED) is 0.854. The summed E-state index contributed by atoms with van der Waals surface area (Å²) in [5, 5.41) is 0. The highest BCUT2D eigenvalue weighted by atomic mass is 32.2. The number of benzene rings is 2. The fourth-order valence-electron chi connectivity index (χ4n) is 1.73. The van der Waals surface area contributed by atoms with Crippen LogP contribution in [0.2, 0.25) is 0 Å². The predicted molar refractivity (Wildman–Crippen MR) is 100 cm³/mol. The fourth-order valence-corrected chi connectivity index (χ4v) is 3.00. The van der Waals surface area contributed by atoms with E-state index in [0.717, 1.165) is 5.56 Å². The Bertz CT molecular complexity index is 756. The van der Waals surface area contributed by atoms with Gasteiger partial charge in [0.25, 0.3) is 0 Å². The lowest BCUT2D eigenvalue weighted by Crippen LogP contribution is -2.30. The Kier molecular flexibility index (Phi) is 8.25. The van der Waals surface area contributed by atoms with Gasteiger partial charge in [0, 0.05) is 17.5 Å². The van der Waals surface area contributed by atoms with Crippen LogP contribution in [-0.2, 0) is 10.0 Å². The summed E-state index contributed by atoms with van der Waals surface area (Å²) in [7, 11) is -3.31. The average Bonchev–Trinajstić information content (AvgIpc) is 2.54. The third-order valence-electron chi connectivity index (χ3n) is 2.72. The molecule has 0 aliphatic carbocycles. The molecule has 2 aromatic carbocycles. The molecule has 0 saturated heterocycles. The van der Waals surface area contributed by atoms with E-state index in [1.54, 1.807) is 44.2 Å². The molecule has 0 aliphatic heterocycles. The average molecular weight is 343 g/mol. The van der Waals surface area contributed by atoms with Gasteiger partial charge in [0.05, 0.1) is 4.90 Å². The van der Waals surface area contributed by atoms with Gasteiger partial charge in [-0.15, -0.1) is 0 Å². The molecule has 0 spiro atoms. The summed E-state index contributed by atoms with van der Waals surface area (Å²) in [6.45, 7) is 7.77. The van der Waals surface area contributed by atoms with Gasteiger partial charge in [-0.3, -0.25) is 0 Å². The molecule has 0 heterocycles. The molecule has 24 heavy (non-hydrogen) atoms. The Balaban J connectivity index is 0.000000243. The highest BCUT2D eigenvalue weighted by molar-refractivity contribution is 7.89. The topological polar surface area (TPSA) is 46.2 Å². The van der Waals surface area contributed by atoms with E-state index in [9.17, 15) is 8.42 Å². The maximum Gasteiger partial charge on any atom is 0.240 e. The van der Waals surface area contributed by atoms with Crippen LogP contribution in [0.5, 0.6) is 0 Å². The molecule has 0 aromatic heterocycles. The highest BCUT2D eigenvalue weighted by Gasteiger charge is 2.13. The van der Waals surface area contributed by atoms with Crippen molar-refractivity contribution in [2.75, 3.05) is 0 Å². The summed E-state index contributed by atoms with van der Waals surface area (Å²) in [5.74, 6) is 6.66. The van der Waals surface area contributed by atoms with Crippen LogP contribution >= 0.6 is 0 Å². The maximum absolute atomic E-state index is 11.5. The van der Waals surface area contributed by atoms with Gasteiger partial charge in [-0.05, 0) is 38.1 Å². The minimum atomic E-state index is -3.31. The van der Waals surface area contributed by atoms with Crippen molar-refractivity contribution in [1.82, 2.24) is 4.72 Å². The summed E-state index contributed by atoms with van der Waals surface area (Å²) in [5.41, 5.74) is 1.10. The van der Waals surface area contributed by atoms with Gasteiger partial charge in [-0.25, -0.2) is 13.1 Å². The Morgan fingerprint density at radius 3 is 1.79 bits per heavy atom. The van der Waals surface area contributed by atoms with Crippen molar-refractivity contribution >= 4 is 10.0 Å². The molecule has 2 aromatic rings. The van der Waals surface area contributed by atoms with Crippen LogP contribution in [0.15, 0.2) is 65.6 Å². The van der Waals surface area contributed by atoms with Crippen molar-refractivity contribution in [3.8, 4) is 11.8 Å². The van der Waals surface area contributed by atoms with Crippen LogP contribution in [-0.4, -0.2) is 14.5 Å². The van der Waals surface area contributed by atoms with E-state index in [2.05, 4.69) is 30.4 Å². The van der Waals surface area contributed by atoms with Gasteiger partial charge in [-0.2, -0.15) is 0 Å². The van der Waals surface area contributed by atoms with Gasteiger partial charge in [-0.1, -0.05) is 62.1 Å². The summed E-state index contributed by atoms with van der Waals surface area (Å²) < 4.78 is 25.6. The predicted octanol–water partition coefficient (Wildman–Crippen LogP) is 4.07. The largest absolute Gasteiger partial charge is 0.240 e. The zero-order valence-corrected chi connectivity index (χ0v) is 15.5. The first-order valence-corrected chi connectivity index (χ1v) is 9.43. The molecule has 3 nitrogen and oxygen atoms in total. The van der Waals surface area contributed by atoms with Crippen molar-refractivity contribution in [3.63, 3.8) is 0 Å². The molecule has 1 N–H and O–H groups in total. The fraction of sp³-hybridized carbons (Fsp3) is 0.300. The zero-order chi connectivity index (χ0) is 18.0. The van der Waals surface area contributed by atoms with Gasteiger partial charge in [0.2, 0.25) is 10.0 Å². The lowest BCUT2D eigenvalue weighted by molar-refractivity contribution is 0.570. The van der Waals surface area contributed by atoms with E-state index in [0.29, 0.717) is 10.8 Å². The SMILES string of the molecule is CC(C)C#Cc1ccccc1.CC(C)NS(=O)(=O)c1ccccc1.